The number of pyridine rings is 1. The molecule has 0 spiro atoms. The third kappa shape index (κ3) is 3.39. The second-order valence-corrected chi connectivity index (χ2v) is 5.48. The van der Waals surface area contributed by atoms with E-state index in [9.17, 15) is 9.59 Å². The summed E-state index contributed by atoms with van der Waals surface area (Å²) in [5.74, 6) is -0.222. The predicted molar refractivity (Wildman–Crippen MR) is 83.3 cm³/mol. The molecule has 3 heterocycles. The van der Waals surface area contributed by atoms with Crippen molar-refractivity contribution in [3.05, 3.63) is 52.7 Å². The van der Waals surface area contributed by atoms with Gasteiger partial charge in [-0.05, 0) is 18.2 Å². The number of rotatable bonds is 3. The van der Waals surface area contributed by atoms with E-state index in [2.05, 4.69) is 9.97 Å². The van der Waals surface area contributed by atoms with Gasteiger partial charge in [-0.15, -0.1) is 0 Å². The molecule has 7 heteroatoms. The van der Waals surface area contributed by atoms with Crippen LogP contribution in [0.5, 0.6) is 6.01 Å². The van der Waals surface area contributed by atoms with Gasteiger partial charge in [-0.25, -0.2) is 9.97 Å². The van der Waals surface area contributed by atoms with Crippen LogP contribution < -0.4 is 10.3 Å². The molecule has 23 heavy (non-hydrogen) atoms. The Bertz CT molecular complexity index is 736. The number of amides is 1. The Labute approximate surface area is 133 Å². The maximum Gasteiger partial charge on any atom is 0.316 e. The Morgan fingerprint density at radius 3 is 2.61 bits per heavy atom. The molecule has 1 amide bonds. The van der Waals surface area contributed by atoms with E-state index in [1.165, 1.54) is 4.57 Å². The molecule has 7 nitrogen and oxygen atoms in total. The van der Waals surface area contributed by atoms with Crippen molar-refractivity contribution in [2.24, 2.45) is 7.05 Å². The monoisotopic (exact) mass is 314 g/mol. The fourth-order valence-corrected chi connectivity index (χ4v) is 2.60. The summed E-state index contributed by atoms with van der Waals surface area (Å²) in [5.41, 5.74) is -0.0608. The molecule has 1 fully saturated rings. The number of likely N-dealkylation sites (tertiary alicyclic amines) is 1. The summed E-state index contributed by atoms with van der Waals surface area (Å²) in [5, 5.41) is 0. The van der Waals surface area contributed by atoms with E-state index in [0.29, 0.717) is 31.9 Å². The summed E-state index contributed by atoms with van der Waals surface area (Å²) in [7, 11) is 1.64. The molecule has 1 saturated heterocycles. The van der Waals surface area contributed by atoms with Crippen LogP contribution in [0.2, 0.25) is 0 Å². The Morgan fingerprint density at radius 1 is 1.22 bits per heavy atom. The minimum atomic E-state index is -0.270. The highest BCUT2D eigenvalue weighted by Gasteiger charge is 2.26. The highest BCUT2D eigenvalue weighted by Crippen LogP contribution is 2.16. The molecule has 0 aliphatic carbocycles. The summed E-state index contributed by atoms with van der Waals surface area (Å²) < 4.78 is 7.12. The highest BCUT2D eigenvalue weighted by atomic mass is 16.5. The van der Waals surface area contributed by atoms with Crippen molar-refractivity contribution in [3.63, 3.8) is 0 Å². The van der Waals surface area contributed by atoms with Gasteiger partial charge in [0.05, 0.1) is 0 Å². The average Bonchev–Trinajstić information content (AvgIpc) is 2.58. The molecule has 0 radical (unpaired) electrons. The van der Waals surface area contributed by atoms with Crippen molar-refractivity contribution >= 4 is 5.91 Å². The van der Waals surface area contributed by atoms with E-state index in [4.69, 9.17) is 4.74 Å². The lowest BCUT2D eigenvalue weighted by atomic mass is 10.1. The van der Waals surface area contributed by atoms with Gasteiger partial charge in [-0.1, -0.05) is 0 Å². The lowest BCUT2D eigenvalue weighted by Gasteiger charge is -2.31. The lowest BCUT2D eigenvalue weighted by Crippen LogP contribution is -2.43. The summed E-state index contributed by atoms with van der Waals surface area (Å²) in [4.78, 5) is 34.3. The van der Waals surface area contributed by atoms with Gasteiger partial charge in [0.1, 0.15) is 11.7 Å². The molecular weight excluding hydrogens is 296 g/mol. The number of piperidine rings is 1. The van der Waals surface area contributed by atoms with Gasteiger partial charge in [-0.3, -0.25) is 9.59 Å². The van der Waals surface area contributed by atoms with Gasteiger partial charge in [0.2, 0.25) is 0 Å². The quantitative estimate of drug-likeness (QED) is 0.840. The highest BCUT2D eigenvalue weighted by molar-refractivity contribution is 5.93. The van der Waals surface area contributed by atoms with Crippen molar-refractivity contribution in [3.8, 4) is 6.01 Å². The van der Waals surface area contributed by atoms with Crippen LogP contribution in [0.1, 0.15) is 23.2 Å². The normalized spacial score (nSPS) is 15.4. The molecule has 120 valence electrons. The van der Waals surface area contributed by atoms with Gasteiger partial charge >= 0.3 is 6.01 Å². The Morgan fingerprint density at radius 2 is 1.91 bits per heavy atom. The van der Waals surface area contributed by atoms with Crippen LogP contribution in [0.4, 0.5) is 0 Å². The third-order valence-corrected chi connectivity index (χ3v) is 3.90. The van der Waals surface area contributed by atoms with E-state index in [-0.39, 0.29) is 23.1 Å². The van der Waals surface area contributed by atoms with Crippen LogP contribution in [0.3, 0.4) is 0 Å². The van der Waals surface area contributed by atoms with E-state index >= 15 is 0 Å². The van der Waals surface area contributed by atoms with Crippen molar-refractivity contribution in [2.45, 2.75) is 18.9 Å². The molecule has 0 N–H and O–H groups in total. The molecule has 3 rings (SSSR count). The molecule has 1 aliphatic rings. The largest absolute Gasteiger partial charge is 0.460 e. The minimum Gasteiger partial charge on any atom is -0.460 e. The van der Waals surface area contributed by atoms with Crippen LogP contribution in [0.25, 0.3) is 0 Å². The zero-order valence-corrected chi connectivity index (χ0v) is 12.9. The van der Waals surface area contributed by atoms with Crippen molar-refractivity contribution in [1.82, 2.24) is 19.4 Å². The summed E-state index contributed by atoms with van der Waals surface area (Å²) in [6.45, 7) is 1.10. The number of ether oxygens (including phenoxy) is 1. The summed E-state index contributed by atoms with van der Waals surface area (Å²) in [6.07, 6.45) is 6.27. The van der Waals surface area contributed by atoms with E-state index in [1.807, 2.05) is 0 Å². The molecule has 0 atom stereocenters. The van der Waals surface area contributed by atoms with Gasteiger partial charge in [-0.2, -0.15) is 0 Å². The second-order valence-electron chi connectivity index (χ2n) is 5.48. The fourth-order valence-electron chi connectivity index (χ4n) is 2.60. The smallest absolute Gasteiger partial charge is 0.316 e. The topological polar surface area (TPSA) is 77.3 Å². The standard InChI is InChI=1S/C16H18N4O3/c1-19-9-2-4-13(14(19)21)15(22)20-10-5-12(6-11-20)23-16-17-7-3-8-18-16/h2-4,7-9,12H,5-6,10-11H2,1H3. The number of hydrogen-bond donors (Lipinski definition) is 0. The second kappa shape index (κ2) is 6.60. The number of aromatic nitrogens is 3. The number of aryl methyl sites for hydroxylation is 1. The van der Waals surface area contributed by atoms with Crippen molar-refractivity contribution in [2.75, 3.05) is 13.1 Å². The first-order valence-corrected chi connectivity index (χ1v) is 7.54. The van der Waals surface area contributed by atoms with Crippen LogP contribution in [0.15, 0.2) is 41.6 Å². The number of hydrogen-bond acceptors (Lipinski definition) is 5. The minimum absolute atomic E-state index is 0.0138. The van der Waals surface area contributed by atoms with Crippen LogP contribution in [-0.2, 0) is 7.05 Å². The number of nitrogens with zero attached hydrogens (tertiary/aromatic N) is 4. The van der Waals surface area contributed by atoms with E-state index in [0.717, 1.165) is 0 Å². The molecule has 2 aromatic heterocycles. The average molecular weight is 314 g/mol. The molecular formula is C16H18N4O3. The van der Waals surface area contributed by atoms with Gasteiger partial charge in [0, 0.05) is 51.6 Å². The first-order chi connectivity index (χ1) is 11.1. The van der Waals surface area contributed by atoms with Crippen LogP contribution in [-0.4, -0.2) is 44.5 Å². The summed E-state index contributed by atoms with van der Waals surface area (Å²) >= 11 is 0. The summed E-state index contributed by atoms with van der Waals surface area (Å²) in [6, 6.07) is 5.37. The molecule has 0 saturated carbocycles. The molecule has 2 aromatic rings. The lowest BCUT2D eigenvalue weighted by molar-refractivity contribution is 0.0576. The maximum atomic E-state index is 12.5. The van der Waals surface area contributed by atoms with Crippen LogP contribution in [0, 0.1) is 0 Å². The first-order valence-electron chi connectivity index (χ1n) is 7.54. The third-order valence-electron chi connectivity index (χ3n) is 3.90. The Balaban J connectivity index is 1.61. The predicted octanol–water partition coefficient (Wildman–Crippen LogP) is 0.859. The van der Waals surface area contributed by atoms with Gasteiger partial charge in [0.15, 0.2) is 0 Å². The number of carbonyl (C=O) groups excluding carboxylic acids is 1. The molecule has 0 bridgehead atoms. The van der Waals surface area contributed by atoms with E-state index in [1.54, 1.807) is 48.7 Å². The first kappa shape index (κ1) is 15.2. The Hall–Kier alpha value is -2.70. The van der Waals surface area contributed by atoms with Crippen molar-refractivity contribution in [1.29, 1.82) is 0 Å². The maximum absolute atomic E-state index is 12.5. The van der Waals surface area contributed by atoms with Gasteiger partial charge in [0.25, 0.3) is 11.5 Å². The zero-order valence-electron chi connectivity index (χ0n) is 12.9. The molecule has 0 aromatic carbocycles. The fraction of sp³-hybridized carbons (Fsp3) is 0.375. The zero-order chi connectivity index (χ0) is 16.2. The SMILES string of the molecule is Cn1cccc(C(=O)N2CCC(Oc3ncccn3)CC2)c1=O. The van der Waals surface area contributed by atoms with E-state index < -0.39 is 0 Å². The number of carbonyl (C=O) groups is 1. The van der Waals surface area contributed by atoms with Crippen molar-refractivity contribution < 1.29 is 9.53 Å². The van der Waals surface area contributed by atoms with Gasteiger partial charge < -0.3 is 14.2 Å². The molecule has 0 unspecified atom stereocenters. The molecule has 1 aliphatic heterocycles. The van der Waals surface area contributed by atoms with Crippen LogP contribution >= 0.6 is 0 Å². The Kier molecular flexibility index (Phi) is 4.36.